The molecular formula is C23H18FN5O4S. The van der Waals surface area contributed by atoms with Crippen LogP contribution in [0, 0.1) is 5.82 Å². The Hall–Kier alpha value is -3.96. The van der Waals surface area contributed by atoms with Crippen LogP contribution in [0.5, 0.6) is 0 Å². The molecule has 0 aliphatic carbocycles. The summed E-state index contributed by atoms with van der Waals surface area (Å²) in [5.41, 5.74) is 2.13. The first-order valence-corrected chi connectivity index (χ1v) is 11.2. The molecule has 4 aromatic rings. The standard InChI is InChI=1S/C23H18FN5O4S/c1-33-10-2-9-28-20(31)16-8-5-14(11-17(16)21(28)32)19(30)25-22-26-23-29(27-22)18(12-34-23)13-3-6-15(24)7-4-13/h3-8,11-12H,2,9-10H2,1H3,(H,25,27,30). The first-order chi connectivity index (χ1) is 16.5. The number of thiazole rings is 1. The number of rotatable bonds is 7. The predicted octanol–water partition coefficient (Wildman–Crippen LogP) is 3.48. The fourth-order valence-electron chi connectivity index (χ4n) is 3.73. The predicted molar refractivity (Wildman–Crippen MR) is 123 cm³/mol. The van der Waals surface area contributed by atoms with Crippen molar-refractivity contribution in [2.45, 2.75) is 6.42 Å². The number of benzene rings is 2. The van der Waals surface area contributed by atoms with E-state index >= 15 is 0 Å². The largest absolute Gasteiger partial charge is 0.385 e. The molecule has 3 heterocycles. The van der Waals surface area contributed by atoms with Gasteiger partial charge in [0, 0.05) is 36.8 Å². The zero-order valence-electron chi connectivity index (χ0n) is 17.9. The van der Waals surface area contributed by atoms with Crippen LogP contribution in [-0.2, 0) is 4.74 Å². The Balaban J connectivity index is 1.35. The van der Waals surface area contributed by atoms with Gasteiger partial charge in [0.2, 0.25) is 4.96 Å². The molecule has 0 bridgehead atoms. The van der Waals surface area contributed by atoms with Crippen molar-refractivity contribution in [1.82, 2.24) is 19.5 Å². The minimum absolute atomic E-state index is 0.0873. The number of carbonyl (C=O) groups excluding carboxylic acids is 3. The minimum atomic E-state index is -0.512. The molecule has 0 fully saturated rings. The summed E-state index contributed by atoms with van der Waals surface area (Å²) in [5.74, 6) is -1.58. The van der Waals surface area contributed by atoms with E-state index in [9.17, 15) is 18.8 Å². The van der Waals surface area contributed by atoms with Crippen molar-refractivity contribution in [2.75, 3.05) is 25.6 Å². The van der Waals surface area contributed by atoms with Crippen LogP contribution in [0.3, 0.4) is 0 Å². The number of amides is 3. The van der Waals surface area contributed by atoms with E-state index < -0.39 is 11.8 Å². The van der Waals surface area contributed by atoms with Gasteiger partial charge in [0.25, 0.3) is 23.7 Å². The van der Waals surface area contributed by atoms with Crippen molar-refractivity contribution >= 4 is 40.0 Å². The number of ether oxygens (including phenoxy) is 1. The first-order valence-electron chi connectivity index (χ1n) is 10.4. The molecule has 2 aromatic heterocycles. The van der Waals surface area contributed by atoms with E-state index in [4.69, 9.17) is 4.74 Å². The molecule has 0 atom stereocenters. The molecule has 1 aliphatic heterocycles. The van der Waals surface area contributed by atoms with E-state index in [0.717, 1.165) is 10.5 Å². The van der Waals surface area contributed by atoms with Gasteiger partial charge in [-0.15, -0.1) is 16.4 Å². The molecular weight excluding hydrogens is 461 g/mol. The second-order valence-corrected chi connectivity index (χ2v) is 8.42. The van der Waals surface area contributed by atoms with Gasteiger partial charge >= 0.3 is 0 Å². The molecule has 172 valence electrons. The number of anilines is 1. The van der Waals surface area contributed by atoms with Crippen LogP contribution in [0.15, 0.2) is 47.8 Å². The Bertz CT molecular complexity index is 1430. The number of aromatic nitrogens is 3. The highest BCUT2D eigenvalue weighted by Crippen LogP contribution is 2.27. The maximum absolute atomic E-state index is 13.2. The summed E-state index contributed by atoms with van der Waals surface area (Å²) in [6.07, 6.45) is 0.526. The monoisotopic (exact) mass is 479 g/mol. The quantitative estimate of drug-likeness (QED) is 0.321. The molecule has 5 rings (SSSR count). The lowest BCUT2D eigenvalue weighted by molar-refractivity contribution is 0.0638. The molecule has 0 saturated carbocycles. The molecule has 0 spiro atoms. The number of nitrogens with zero attached hydrogens (tertiary/aromatic N) is 4. The van der Waals surface area contributed by atoms with Crippen molar-refractivity contribution in [3.63, 3.8) is 0 Å². The van der Waals surface area contributed by atoms with Gasteiger partial charge in [-0.05, 0) is 48.9 Å². The van der Waals surface area contributed by atoms with Crippen molar-refractivity contribution < 1.29 is 23.5 Å². The number of carbonyl (C=O) groups is 3. The first kappa shape index (κ1) is 21.9. The Morgan fingerprint density at radius 1 is 1.12 bits per heavy atom. The van der Waals surface area contributed by atoms with Gasteiger partial charge in [-0.3, -0.25) is 24.6 Å². The average Bonchev–Trinajstić information content (AvgIpc) is 3.47. The van der Waals surface area contributed by atoms with E-state index in [1.807, 2.05) is 5.38 Å². The van der Waals surface area contributed by atoms with E-state index in [1.165, 1.54) is 41.7 Å². The third kappa shape index (κ3) is 3.84. The highest BCUT2D eigenvalue weighted by molar-refractivity contribution is 7.15. The fourth-order valence-corrected chi connectivity index (χ4v) is 4.56. The van der Waals surface area contributed by atoms with Gasteiger partial charge in [-0.25, -0.2) is 8.91 Å². The highest BCUT2D eigenvalue weighted by atomic mass is 32.1. The highest BCUT2D eigenvalue weighted by Gasteiger charge is 2.35. The lowest BCUT2D eigenvalue weighted by Gasteiger charge is -2.12. The normalized spacial score (nSPS) is 13.1. The van der Waals surface area contributed by atoms with Gasteiger partial charge in [-0.1, -0.05) is 0 Å². The zero-order valence-corrected chi connectivity index (χ0v) is 18.8. The van der Waals surface area contributed by atoms with E-state index in [1.54, 1.807) is 23.8 Å². The van der Waals surface area contributed by atoms with E-state index in [0.29, 0.717) is 23.7 Å². The van der Waals surface area contributed by atoms with Gasteiger partial charge in [-0.2, -0.15) is 4.98 Å². The lowest BCUT2D eigenvalue weighted by Crippen LogP contribution is -2.31. The number of hydrogen-bond acceptors (Lipinski definition) is 7. The summed E-state index contributed by atoms with van der Waals surface area (Å²) in [7, 11) is 1.55. The van der Waals surface area contributed by atoms with Crippen LogP contribution in [0.2, 0.25) is 0 Å². The topological polar surface area (TPSA) is 106 Å². The molecule has 1 N–H and O–H groups in total. The van der Waals surface area contributed by atoms with Crippen LogP contribution >= 0.6 is 11.3 Å². The molecule has 2 aromatic carbocycles. The Labute approximate surface area is 196 Å². The summed E-state index contributed by atoms with van der Waals surface area (Å²) in [5, 5.41) is 8.81. The Kier molecular flexibility index (Phi) is 5.64. The summed E-state index contributed by atoms with van der Waals surface area (Å²) in [6, 6.07) is 10.4. The second-order valence-electron chi connectivity index (χ2n) is 7.58. The summed E-state index contributed by atoms with van der Waals surface area (Å²) < 4.78 is 19.8. The molecule has 9 nitrogen and oxygen atoms in total. The molecule has 0 saturated heterocycles. The third-order valence-electron chi connectivity index (χ3n) is 5.41. The van der Waals surface area contributed by atoms with Crippen molar-refractivity contribution in [1.29, 1.82) is 0 Å². The zero-order chi connectivity index (χ0) is 23.8. The third-order valence-corrected chi connectivity index (χ3v) is 6.23. The molecule has 11 heteroatoms. The number of fused-ring (bicyclic) bond motifs is 2. The number of hydrogen-bond donors (Lipinski definition) is 1. The van der Waals surface area contributed by atoms with Crippen LogP contribution < -0.4 is 5.32 Å². The number of nitrogens with one attached hydrogen (secondary N) is 1. The summed E-state index contributed by atoms with van der Waals surface area (Å²) >= 11 is 1.33. The van der Waals surface area contributed by atoms with Crippen LogP contribution in [0.1, 0.15) is 37.5 Å². The molecule has 1 aliphatic rings. The van der Waals surface area contributed by atoms with E-state index in [-0.39, 0.29) is 40.9 Å². The van der Waals surface area contributed by atoms with Crippen LogP contribution in [0.25, 0.3) is 16.2 Å². The Morgan fingerprint density at radius 2 is 1.88 bits per heavy atom. The summed E-state index contributed by atoms with van der Waals surface area (Å²) in [6.45, 7) is 0.673. The second kappa shape index (κ2) is 8.76. The smallest absolute Gasteiger partial charge is 0.261 e. The van der Waals surface area contributed by atoms with Gasteiger partial charge in [0.15, 0.2) is 0 Å². The molecule has 3 amide bonds. The van der Waals surface area contributed by atoms with Crippen molar-refractivity contribution in [2.24, 2.45) is 0 Å². The average molecular weight is 479 g/mol. The minimum Gasteiger partial charge on any atom is -0.385 e. The SMILES string of the molecule is COCCCN1C(=O)c2ccc(C(=O)Nc3nc4scc(-c5ccc(F)cc5)n4n3)cc2C1=O. The fraction of sp³-hybridized carbons (Fsp3) is 0.174. The number of halogens is 1. The summed E-state index contributed by atoms with van der Waals surface area (Å²) in [4.78, 5) is 44.1. The molecule has 34 heavy (non-hydrogen) atoms. The Morgan fingerprint density at radius 3 is 2.65 bits per heavy atom. The van der Waals surface area contributed by atoms with E-state index in [2.05, 4.69) is 15.4 Å². The molecule has 0 radical (unpaired) electrons. The van der Waals surface area contributed by atoms with Crippen LogP contribution in [0.4, 0.5) is 10.3 Å². The number of methoxy groups -OCH3 is 1. The maximum atomic E-state index is 13.2. The van der Waals surface area contributed by atoms with Crippen molar-refractivity contribution in [3.8, 4) is 11.3 Å². The van der Waals surface area contributed by atoms with Crippen molar-refractivity contribution in [3.05, 3.63) is 70.4 Å². The van der Waals surface area contributed by atoms with Gasteiger partial charge in [0.1, 0.15) is 5.82 Å². The lowest BCUT2D eigenvalue weighted by atomic mass is 10.1. The number of imide groups is 1. The van der Waals surface area contributed by atoms with Crippen LogP contribution in [-0.4, -0.2) is 57.5 Å². The van der Waals surface area contributed by atoms with Gasteiger partial charge < -0.3 is 4.74 Å². The maximum Gasteiger partial charge on any atom is 0.261 e. The van der Waals surface area contributed by atoms with Gasteiger partial charge in [0.05, 0.1) is 16.8 Å². The molecule has 0 unspecified atom stereocenters.